The van der Waals surface area contributed by atoms with Crippen molar-refractivity contribution in [1.29, 1.82) is 0 Å². The maximum atomic E-state index is 12.4. The number of rotatable bonds is 4. The Labute approximate surface area is 128 Å². The summed E-state index contributed by atoms with van der Waals surface area (Å²) in [4.78, 5) is 3.93. The summed E-state index contributed by atoms with van der Waals surface area (Å²) >= 11 is 3.22. The quantitative estimate of drug-likeness (QED) is 0.862. The summed E-state index contributed by atoms with van der Waals surface area (Å²) in [5, 5.41) is 0. The van der Waals surface area contributed by atoms with E-state index in [0.29, 0.717) is 10.4 Å². The maximum Gasteiger partial charge on any atom is 0.244 e. The first-order chi connectivity index (χ1) is 9.42. The third kappa shape index (κ3) is 3.71. The van der Waals surface area contributed by atoms with Crippen molar-refractivity contribution < 1.29 is 8.42 Å². The molecular weight excluding hydrogens is 342 g/mol. The number of nitrogens with two attached hydrogens (primary N) is 1. The molecule has 1 aliphatic carbocycles. The number of halogens is 1. The van der Waals surface area contributed by atoms with Gasteiger partial charge in [0, 0.05) is 16.7 Å². The van der Waals surface area contributed by atoms with Crippen LogP contribution in [-0.4, -0.2) is 19.4 Å². The Balaban J connectivity index is 2.16. The summed E-state index contributed by atoms with van der Waals surface area (Å²) in [6.45, 7) is 2.15. The van der Waals surface area contributed by atoms with Crippen molar-refractivity contribution in [3.63, 3.8) is 0 Å². The van der Waals surface area contributed by atoms with E-state index in [1.165, 1.54) is 18.7 Å². The second-order valence-electron chi connectivity index (χ2n) is 5.30. The SMILES string of the molecule is CCC1CCCC(NS(=O)(=O)c2cc(Br)cnc2N)C1. The lowest BCUT2D eigenvalue weighted by Gasteiger charge is -2.28. The summed E-state index contributed by atoms with van der Waals surface area (Å²) < 4.78 is 28.2. The number of nitrogen functional groups attached to an aromatic ring is 1. The third-order valence-electron chi connectivity index (χ3n) is 3.82. The van der Waals surface area contributed by atoms with Gasteiger partial charge in [-0.2, -0.15) is 0 Å². The number of aromatic nitrogens is 1. The molecular formula is C13H20BrN3O2S. The van der Waals surface area contributed by atoms with Crippen LogP contribution >= 0.6 is 15.9 Å². The van der Waals surface area contributed by atoms with Crippen LogP contribution in [0.25, 0.3) is 0 Å². The molecule has 0 radical (unpaired) electrons. The van der Waals surface area contributed by atoms with Crippen molar-refractivity contribution in [2.45, 2.75) is 50.0 Å². The first-order valence-electron chi connectivity index (χ1n) is 6.85. The fourth-order valence-corrected chi connectivity index (χ4v) is 4.57. The average Bonchev–Trinajstić information content (AvgIpc) is 2.41. The summed E-state index contributed by atoms with van der Waals surface area (Å²) in [6, 6.07) is 1.49. The standard InChI is InChI=1S/C13H20BrN3O2S/c1-2-9-4-3-5-11(6-9)17-20(18,19)12-7-10(14)8-16-13(12)15/h7-9,11,17H,2-6H2,1H3,(H2,15,16). The highest BCUT2D eigenvalue weighted by atomic mass is 79.9. The van der Waals surface area contributed by atoms with Gasteiger partial charge in [0.15, 0.2) is 0 Å². The minimum absolute atomic E-state index is 0.00270. The molecule has 0 bridgehead atoms. The topological polar surface area (TPSA) is 85.1 Å². The van der Waals surface area contributed by atoms with Gasteiger partial charge in [0.1, 0.15) is 10.7 Å². The average molecular weight is 362 g/mol. The van der Waals surface area contributed by atoms with Crippen LogP contribution in [-0.2, 0) is 10.0 Å². The zero-order valence-electron chi connectivity index (χ0n) is 11.5. The van der Waals surface area contributed by atoms with E-state index < -0.39 is 10.0 Å². The normalized spacial score (nSPS) is 23.7. The molecule has 2 rings (SSSR count). The van der Waals surface area contributed by atoms with E-state index in [1.54, 1.807) is 0 Å². The van der Waals surface area contributed by atoms with Crippen LogP contribution in [0.3, 0.4) is 0 Å². The zero-order valence-corrected chi connectivity index (χ0v) is 13.9. The highest BCUT2D eigenvalue weighted by molar-refractivity contribution is 9.10. The van der Waals surface area contributed by atoms with Gasteiger partial charge in [-0.25, -0.2) is 18.1 Å². The summed E-state index contributed by atoms with van der Waals surface area (Å²) in [5.74, 6) is 0.637. The van der Waals surface area contributed by atoms with Gasteiger partial charge in [-0.05, 0) is 40.8 Å². The predicted octanol–water partition coefficient (Wildman–Crippen LogP) is 2.67. The fourth-order valence-electron chi connectivity index (χ4n) is 2.70. The molecule has 5 nitrogen and oxygen atoms in total. The van der Waals surface area contributed by atoms with Gasteiger partial charge in [-0.1, -0.05) is 26.2 Å². The summed E-state index contributed by atoms with van der Waals surface area (Å²) in [5.41, 5.74) is 5.68. The molecule has 1 heterocycles. The van der Waals surface area contributed by atoms with Gasteiger partial charge in [-0.15, -0.1) is 0 Å². The van der Waals surface area contributed by atoms with Gasteiger partial charge in [0.05, 0.1) is 0 Å². The lowest BCUT2D eigenvalue weighted by atomic mass is 9.85. The van der Waals surface area contributed by atoms with E-state index in [-0.39, 0.29) is 16.8 Å². The second kappa shape index (κ2) is 6.41. The highest BCUT2D eigenvalue weighted by Crippen LogP contribution is 2.28. The Bertz CT molecular complexity index is 577. The Hall–Kier alpha value is -0.660. The smallest absolute Gasteiger partial charge is 0.244 e. The molecule has 0 aromatic carbocycles. The van der Waals surface area contributed by atoms with Crippen molar-refractivity contribution in [3.05, 3.63) is 16.7 Å². The molecule has 1 aliphatic rings. The van der Waals surface area contributed by atoms with E-state index in [0.717, 1.165) is 25.7 Å². The molecule has 1 saturated carbocycles. The molecule has 0 amide bonds. The van der Waals surface area contributed by atoms with Crippen molar-refractivity contribution in [1.82, 2.24) is 9.71 Å². The third-order valence-corrected chi connectivity index (χ3v) is 5.80. The van der Waals surface area contributed by atoms with E-state index in [9.17, 15) is 8.42 Å². The predicted molar refractivity (Wildman–Crippen MR) is 82.7 cm³/mol. The molecule has 112 valence electrons. The molecule has 1 aromatic heterocycles. The molecule has 20 heavy (non-hydrogen) atoms. The Kier molecular flexibility index (Phi) is 5.04. The first-order valence-corrected chi connectivity index (χ1v) is 9.13. The maximum absolute atomic E-state index is 12.4. The minimum atomic E-state index is -3.61. The largest absolute Gasteiger partial charge is 0.383 e. The van der Waals surface area contributed by atoms with Crippen LogP contribution in [0.15, 0.2) is 21.6 Å². The number of nitrogens with one attached hydrogen (secondary N) is 1. The van der Waals surface area contributed by atoms with Gasteiger partial charge >= 0.3 is 0 Å². The Morgan fingerprint density at radius 2 is 2.25 bits per heavy atom. The van der Waals surface area contributed by atoms with Crippen molar-refractivity contribution in [3.8, 4) is 0 Å². The van der Waals surface area contributed by atoms with Crippen LogP contribution in [0.4, 0.5) is 5.82 Å². The van der Waals surface area contributed by atoms with Crippen LogP contribution in [0.2, 0.25) is 0 Å². The minimum Gasteiger partial charge on any atom is -0.383 e. The molecule has 1 fully saturated rings. The van der Waals surface area contributed by atoms with Crippen LogP contribution in [0.5, 0.6) is 0 Å². The van der Waals surface area contributed by atoms with Crippen LogP contribution in [0, 0.1) is 5.92 Å². The van der Waals surface area contributed by atoms with Gasteiger partial charge in [0.2, 0.25) is 10.0 Å². The van der Waals surface area contributed by atoms with E-state index in [1.807, 2.05) is 0 Å². The van der Waals surface area contributed by atoms with E-state index >= 15 is 0 Å². The lowest BCUT2D eigenvalue weighted by molar-refractivity contribution is 0.301. The molecule has 3 N–H and O–H groups in total. The van der Waals surface area contributed by atoms with Gasteiger partial charge in [-0.3, -0.25) is 0 Å². The molecule has 2 atom stereocenters. The summed E-state index contributed by atoms with van der Waals surface area (Å²) in [6.07, 6.45) is 6.63. The number of sulfonamides is 1. The van der Waals surface area contributed by atoms with Crippen molar-refractivity contribution in [2.75, 3.05) is 5.73 Å². The van der Waals surface area contributed by atoms with Gasteiger partial charge in [0.25, 0.3) is 0 Å². The Morgan fingerprint density at radius 3 is 2.95 bits per heavy atom. The van der Waals surface area contributed by atoms with Crippen LogP contribution < -0.4 is 10.5 Å². The molecule has 7 heteroatoms. The summed E-state index contributed by atoms with van der Waals surface area (Å²) in [7, 11) is -3.61. The zero-order chi connectivity index (χ0) is 14.8. The lowest BCUT2D eigenvalue weighted by Crippen LogP contribution is -2.38. The highest BCUT2D eigenvalue weighted by Gasteiger charge is 2.27. The number of hydrogen-bond acceptors (Lipinski definition) is 4. The molecule has 0 aliphatic heterocycles. The molecule has 0 saturated heterocycles. The first kappa shape index (κ1) is 15.7. The fraction of sp³-hybridized carbons (Fsp3) is 0.615. The van der Waals surface area contributed by atoms with Crippen molar-refractivity contribution >= 4 is 31.8 Å². The number of anilines is 1. The van der Waals surface area contributed by atoms with Crippen molar-refractivity contribution in [2.24, 2.45) is 5.92 Å². The Morgan fingerprint density at radius 1 is 1.50 bits per heavy atom. The van der Waals surface area contributed by atoms with E-state index in [2.05, 4.69) is 32.6 Å². The van der Waals surface area contributed by atoms with E-state index in [4.69, 9.17) is 5.73 Å². The second-order valence-corrected chi connectivity index (χ2v) is 7.89. The number of pyridine rings is 1. The molecule has 2 unspecified atom stereocenters. The molecule has 0 spiro atoms. The van der Waals surface area contributed by atoms with Crippen LogP contribution in [0.1, 0.15) is 39.0 Å². The number of hydrogen-bond donors (Lipinski definition) is 2. The number of nitrogens with zero attached hydrogens (tertiary/aromatic N) is 1. The monoisotopic (exact) mass is 361 g/mol. The molecule has 1 aromatic rings. The van der Waals surface area contributed by atoms with Gasteiger partial charge < -0.3 is 5.73 Å².